The maximum absolute atomic E-state index is 12.6. The van der Waals surface area contributed by atoms with E-state index in [9.17, 15) is 9.59 Å². The summed E-state index contributed by atoms with van der Waals surface area (Å²) in [4.78, 5) is 24.7. The maximum Gasteiger partial charge on any atom is 0.306 e. The number of carbonyl (C=O) groups excluding carboxylic acids is 2. The van der Waals surface area contributed by atoms with Gasteiger partial charge in [0.15, 0.2) is 0 Å². The molecule has 0 aromatic heterocycles. The third kappa shape index (κ3) is 10.5. The number of nitrogens with one attached hydrogen (secondary N) is 1. The molecule has 0 aliphatic carbocycles. The monoisotopic (exact) mass is 390 g/mol. The molecule has 2 atom stereocenters. The summed E-state index contributed by atoms with van der Waals surface area (Å²) in [6.45, 7) is 7.12. The Balaban J connectivity index is 2.33. The Labute approximate surface area is 170 Å². The number of ether oxygens (including phenoxy) is 1. The van der Waals surface area contributed by atoms with Gasteiger partial charge in [0.2, 0.25) is 5.91 Å². The van der Waals surface area contributed by atoms with Crippen LogP contribution in [0.2, 0.25) is 0 Å². The lowest BCUT2D eigenvalue weighted by Crippen LogP contribution is -2.39. The van der Waals surface area contributed by atoms with Gasteiger partial charge in [0, 0.05) is 18.4 Å². The number of hydrogen-bond acceptors (Lipinski definition) is 4. The van der Waals surface area contributed by atoms with Crippen LogP contribution in [0.25, 0.3) is 0 Å². The normalized spacial score (nSPS) is 13.2. The minimum absolute atomic E-state index is 0.0420. The van der Waals surface area contributed by atoms with E-state index in [1.54, 1.807) is 0 Å². The molecule has 0 radical (unpaired) electrons. The van der Waals surface area contributed by atoms with Crippen LogP contribution in [-0.2, 0) is 20.9 Å². The van der Waals surface area contributed by atoms with Crippen molar-refractivity contribution in [2.45, 2.75) is 78.4 Å². The van der Waals surface area contributed by atoms with Crippen LogP contribution in [0.3, 0.4) is 0 Å². The second-order valence-electron chi connectivity index (χ2n) is 7.94. The van der Waals surface area contributed by atoms with Gasteiger partial charge in [-0.15, -0.1) is 0 Å². The van der Waals surface area contributed by atoms with Crippen molar-refractivity contribution in [2.75, 3.05) is 6.54 Å². The number of rotatable bonds is 14. The smallest absolute Gasteiger partial charge is 0.306 e. The highest BCUT2D eigenvalue weighted by Gasteiger charge is 2.24. The Morgan fingerprint density at radius 3 is 2.32 bits per heavy atom. The minimum Gasteiger partial charge on any atom is -0.461 e. The van der Waals surface area contributed by atoms with Crippen LogP contribution >= 0.6 is 0 Å². The molecule has 5 nitrogen and oxygen atoms in total. The standard InChI is InChI=1S/C23H38N2O3/c1-18(2)21(23(27)25-19(3)11-7-4-5-10-16-24)14-15-22(26)28-17-20-12-8-6-9-13-20/h6,8-9,12-13,18-19,21H,4-5,7,10-11,14-17,24H2,1-3H3,(H,25,27)/t19?,21-/m1/s1. The molecular formula is C23H38N2O3. The quantitative estimate of drug-likeness (QED) is 0.368. The predicted molar refractivity (Wildman–Crippen MR) is 114 cm³/mol. The fourth-order valence-corrected chi connectivity index (χ4v) is 3.22. The minimum atomic E-state index is -0.254. The summed E-state index contributed by atoms with van der Waals surface area (Å²) in [5, 5.41) is 3.12. The van der Waals surface area contributed by atoms with E-state index in [1.165, 1.54) is 0 Å². The lowest BCUT2D eigenvalue weighted by molar-refractivity contribution is -0.145. The van der Waals surface area contributed by atoms with Gasteiger partial charge in [-0.3, -0.25) is 9.59 Å². The summed E-state index contributed by atoms with van der Waals surface area (Å²) >= 11 is 0. The van der Waals surface area contributed by atoms with Crippen molar-refractivity contribution < 1.29 is 14.3 Å². The van der Waals surface area contributed by atoms with Gasteiger partial charge in [0.1, 0.15) is 6.61 Å². The number of esters is 1. The van der Waals surface area contributed by atoms with Crippen LogP contribution in [0.4, 0.5) is 0 Å². The molecule has 1 unspecified atom stereocenters. The Hall–Kier alpha value is -1.88. The summed E-state index contributed by atoms with van der Waals surface area (Å²) in [5.74, 6) is -0.210. The van der Waals surface area contributed by atoms with E-state index in [0.29, 0.717) is 6.42 Å². The maximum atomic E-state index is 12.6. The van der Waals surface area contributed by atoms with E-state index < -0.39 is 0 Å². The van der Waals surface area contributed by atoms with Crippen molar-refractivity contribution in [2.24, 2.45) is 17.6 Å². The lowest BCUT2D eigenvalue weighted by atomic mass is 9.90. The first-order valence-corrected chi connectivity index (χ1v) is 10.6. The highest BCUT2D eigenvalue weighted by molar-refractivity contribution is 5.80. The van der Waals surface area contributed by atoms with Gasteiger partial charge in [-0.05, 0) is 44.2 Å². The molecule has 0 aliphatic rings. The Morgan fingerprint density at radius 2 is 1.68 bits per heavy atom. The number of unbranched alkanes of at least 4 members (excludes halogenated alkanes) is 3. The van der Waals surface area contributed by atoms with Crippen molar-refractivity contribution in [1.29, 1.82) is 0 Å². The Bertz CT molecular complexity index is 560. The number of hydrogen-bond donors (Lipinski definition) is 2. The van der Waals surface area contributed by atoms with Crippen LogP contribution in [0, 0.1) is 11.8 Å². The van der Waals surface area contributed by atoms with E-state index >= 15 is 0 Å². The molecule has 0 saturated carbocycles. The molecule has 0 saturated heterocycles. The van der Waals surface area contributed by atoms with E-state index in [-0.39, 0.29) is 42.8 Å². The number of benzene rings is 1. The van der Waals surface area contributed by atoms with Crippen LogP contribution in [0.15, 0.2) is 30.3 Å². The highest BCUT2D eigenvalue weighted by Crippen LogP contribution is 2.19. The van der Waals surface area contributed by atoms with Crippen molar-refractivity contribution >= 4 is 11.9 Å². The molecule has 1 rings (SSSR count). The first-order chi connectivity index (χ1) is 13.4. The molecule has 1 aromatic carbocycles. The highest BCUT2D eigenvalue weighted by atomic mass is 16.5. The summed E-state index contributed by atoms with van der Waals surface area (Å²) in [6.07, 6.45) is 6.21. The largest absolute Gasteiger partial charge is 0.461 e. The molecule has 0 spiro atoms. The summed E-state index contributed by atoms with van der Waals surface area (Å²) in [7, 11) is 0. The second kappa shape index (κ2) is 14.2. The van der Waals surface area contributed by atoms with Crippen LogP contribution in [0.5, 0.6) is 0 Å². The van der Waals surface area contributed by atoms with Gasteiger partial charge in [-0.1, -0.05) is 63.4 Å². The number of nitrogens with two attached hydrogens (primary N) is 1. The molecule has 3 N–H and O–H groups in total. The topological polar surface area (TPSA) is 81.4 Å². The number of carbonyl (C=O) groups is 2. The van der Waals surface area contributed by atoms with Gasteiger partial charge < -0.3 is 15.8 Å². The number of amides is 1. The molecule has 0 aliphatic heterocycles. The van der Waals surface area contributed by atoms with Gasteiger partial charge >= 0.3 is 5.97 Å². The second-order valence-corrected chi connectivity index (χ2v) is 7.94. The van der Waals surface area contributed by atoms with Crippen LogP contribution in [-0.4, -0.2) is 24.5 Å². The third-order valence-corrected chi connectivity index (χ3v) is 5.02. The molecular weight excluding hydrogens is 352 g/mol. The molecule has 1 amide bonds. The van der Waals surface area contributed by atoms with E-state index in [4.69, 9.17) is 10.5 Å². The van der Waals surface area contributed by atoms with Crippen molar-refractivity contribution in [3.8, 4) is 0 Å². The Kier molecular flexibility index (Phi) is 12.2. The zero-order chi connectivity index (χ0) is 20.8. The van der Waals surface area contributed by atoms with E-state index in [2.05, 4.69) is 5.32 Å². The summed E-state index contributed by atoms with van der Waals surface area (Å²) < 4.78 is 5.32. The first kappa shape index (κ1) is 24.2. The molecule has 0 bridgehead atoms. The van der Waals surface area contributed by atoms with E-state index in [1.807, 2.05) is 51.1 Å². The summed E-state index contributed by atoms with van der Waals surface area (Å²) in [6, 6.07) is 9.77. The van der Waals surface area contributed by atoms with E-state index in [0.717, 1.165) is 44.2 Å². The molecule has 0 heterocycles. The third-order valence-electron chi connectivity index (χ3n) is 5.02. The zero-order valence-corrected chi connectivity index (χ0v) is 17.8. The molecule has 1 aromatic rings. The van der Waals surface area contributed by atoms with Crippen molar-refractivity contribution in [3.05, 3.63) is 35.9 Å². The average molecular weight is 391 g/mol. The molecule has 158 valence electrons. The predicted octanol–water partition coefficient (Wildman–Crippen LogP) is 4.20. The fourth-order valence-electron chi connectivity index (χ4n) is 3.22. The molecule has 28 heavy (non-hydrogen) atoms. The SMILES string of the molecule is CC(CCCCCCN)NC(=O)[C@H](CCC(=O)OCc1ccccc1)C(C)C. The van der Waals surface area contributed by atoms with Crippen LogP contribution in [0.1, 0.15) is 71.3 Å². The summed E-state index contributed by atoms with van der Waals surface area (Å²) in [5.41, 5.74) is 6.47. The molecule has 0 fully saturated rings. The fraction of sp³-hybridized carbons (Fsp3) is 0.652. The van der Waals surface area contributed by atoms with Gasteiger partial charge in [-0.2, -0.15) is 0 Å². The van der Waals surface area contributed by atoms with Crippen molar-refractivity contribution in [1.82, 2.24) is 5.32 Å². The lowest BCUT2D eigenvalue weighted by Gasteiger charge is -2.23. The van der Waals surface area contributed by atoms with Crippen molar-refractivity contribution in [3.63, 3.8) is 0 Å². The molecule has 5 heteroatoms. The van der Waals surface area contributed by atoms with Gasteiger partial charge in [-0.25, -0.2) is 0 Å². The van der Waals surface area contributed by atoms with Gasteiger partial charge in [0.05, 0.1) is 0 Å². The first-order valence-electron chi connectivity index (χ1n) is 10.6. The Morgan fingerprint density at radius 1 is 1.00 bits per heavy atom. The van der Waals surface area contributed by atoms with Gasteiger partial charge in [0.25, 0.3) is 0 Å². The zero-order valence-electron chi connectivity index (χ0n) is 17.8. The van der Waals surface area contributed by atoms with Crippen LogP contribution < -0.4 is 11.1 Å². The average Bonchev–Trinajstić information content (AvgIpc) is 2.67.